The van der Waals surface area contributed by atoms with Gasteiger partial charge in [0.05, 0.1) is 5.56 Å². The minimum absolute atomic E-state index is 0.0882. The summed E-state index contributed by atoms with van der Waals surface area (Å²) < 4.78 is 27.6. The van der Waals surface area contributed by atoms with Gasteiger partial charge < -0.3 is 10.4 Å². The van der Waals surface area contributed by atoms with Crippen molar-refractivity contribution in [2.75, 3.05) is 6.54 Å². The van der Waals surface area contributed by atoms with Crippen LogP contribution in [0.2, 0.25) is 0 Å². The van der Waals surface area contributed by atoms with Crippen molar-refractivity contribution in [2.45, 2.75) is 6.92 Å². The molecule has 0 aliphatic carbocycles. The van der Waals surface area contributed by atoms with Crippen LogP contribution in [0.3, 0.4) is 0 Å². The third-order valence-electron chi connectivity index (χ3n) is 2.81. The number of aromatic hydroxyl groups is 1. The van der Waals surface area contributed by atoms with Crippen LogP contribution in [0.4, 0.5) is 8.78 Å². The Bertz CT molecular complexity index is 656. The van der Waals surface area contributed by atoms with Crippen molar-refractivity contribution < 1.29 is 18.7 Å². The van der Waals surface area contributed by atoms with Gasteiger partial charge in [-0.25, -0.2) is 8.78 Å². The van der Waals surface area contributed by atoms with Gasteiger partial charge in [0.2, 0.25) is 0 Å². The van der Waals surface area contributed by atoms with Crippen LogP contribution in [-0.2, 0) is 0 Å². The second-order valence-electron chi connectivity index (χ2n) is 4.22. The SMILES string of the molecule is CCNC(=O)c1ccc(-c2ccc(O)cc2F)cc1F. The number of hydrogen-bond donors (Lipinski definition) is 2. The van der Waals surface area contributed by atoms with E-state index in [1.54, 1.807) is 6.92 Å². The summed E-state index contributed by atoms with van der Waals surface area (Å²) in [4.78, 5) is 11.6. The van der Waals surface area contributed by atoms with Gasteiger partial charge in [0.25, 0.3) is 5.91 Å². The van der Waals surface area contributed by atoms with Crippen LogP contribution >= 0.6 is 0 Å². The number of carbonyl (C=O) groups excluding carboxylic acids is 1. The molecule has 0 saturated heterocycles. The standard InChI is InChI=1S/C15H13F2NO2/c1-2-18-15(20)12-5-3-9(7-13(12)16)11-6-4-10(19)8-14(11)17/h3-8,19H,2H2,1H3,(H,18,20). The van der Waals surface area contributed by atoms with Crippen LogP contribution in [0.5, 0.6) is 5.75 Å². The van der Waals surface area contributed by atoms with E-state index < -0.39 is 17.5 Å². The predicted molar refractivity (Wildman–Crippen MR) is 71.5 cm³/mol. The Balaban J connectivity index is 2.40. The second kappa shape index (κ2) is 5.69. The predicted octanol–water partition coefficient (Wildman–Crippen LogP) is 3.09. The molecule has 0 spiro atoms. The lowest BCUT2D eigenvalue weighted by atomic mass is 10.0. The van der Waals surface area contributed by atoms with Crippen LogP contribution < -0.4 is 5.32 Å². The highest BCUT2D eigenvalue weighted by Crippen LogP contribution is 2.27. The van der Waals surface area contributed by atoms with Crippen molar-refractivity contribution in [2.24, 2.45) is 0 Å². The van der Waals surface area contributed by atoms with Gasteiger partial charge in [-0.2, -0.15) is 0 Å². The third-order valence-corrected chi connectivity index (χ3v) is 2.81. The van der Waals surface area contributed by atoms with Crippen LogP contribution in [0.1, 0.15) is 17.3 Å². The molecule has 1 amide bonds. The van der Waals surface area contributed by atoms with E-state index in [0.717, 1.165) is 12.1 Å². The fourth-order valence-corrected chi connectivity index (χ4v) is 1.86. The van der Waals surface area contributed by atoms with Crippen LogP contribution in [0.15, 0.2) is 36.4 Å². The average Bonchev–Trinajstić information content (AvgIpc) is 2.38. The van der Waals surface area contributed by atoms with Gasteiger partial charge in [-0.3, -0.25) is 4.79 Å². The molecule has 0 aliphatic rings. The van der Waals surface area contributed by atoms with Crippen molar-refractivity contribution in [3.63, 3.8) is 0 Å². The molecular weight excluding hydrogens is 264 g/mol. The molecule has 0 saturated carbocycles. The number of hydrogen-bond acceptors (Lipinski definition) is 2. The van der Waals surface area contributed by atoms with E-state index in [1.807, 2.05) is 0 Å². The Morgan fingerprint density at radius 1 is 1.15 bits per heavy atom. The molecule has 0 fully saturated rings. The average molecular weight is 277 g/mol. The molecule has 0 radical (unpaired) electrons. The van der Waals surface area contributed by atoms with E-state index in [2.05, 4.69) is 5.32 Å². The van der Waals surface area contributed by atoms with Crippen LogP contribution in [-0.4, -0.2) is 17.6 Å². The zero-order valence-corrected chi connectivity index (χ0v) is 10.8. The normalized spacial score (nSPS) is 10.3. The number of phenolic OH excluding ortho intramolecular Hbond substituents is 1. The zero-order chi connectivity index (χ0) is 14.7. The van der Waals surface area contributed by atoms with Crippen molar-refractivity contribution in [1.82, 2.24) is 5.32 Å². The lowest BCUT2D eigenvalue weighted by Gasteiger charge is -2.07. The van der Waals surface area contributed by atoms with E-state index in [4.69, 9.17) is 5.11 Å². The first kappa shape index (κ1) is 14.0. The Labute approximate surface area is 114 Å². The van der Waals surface area contributed by atoms with Crippen molar-refractivity contribution in [3.05, 3.63) is 53.6 Å². The number of rotatable bonds is 3. The maximum absolute atomic E-state index is 13.9. The Morgan fingerprint density at radius 2 is 1.90 bits per heavy atom. The maximum Gasteiger partial charge on any atom is 0.254 e. The van der Waals surface area contributed by atoms with Crippen molar-refractivity contribution in [3.8, 4) is 16.9 Å². The molecule has 0 heterocycles. The summed E-state index contributed by atoms with van der Waals surface area (Å²) >= 11 is 0. The highest BCUT2D eigenvalue weighted by atomic mass is 19.1. The molecular formula is C15H13F2NO2. The molecule has 3 nitrogen and oxygen atoms in total. The molecule has 0 bridgehead atoms. The molecule has 5 heteroatoms. The summed E-state index contributed by atoms with van der Waals surface area (Å²) in [7, 11) is 0. The van der Waals surface area contributed by atoms with Gasteiger partial charge in [0.15, 0.2) is 0 Å². The summed E-state index contributed by atoms with van der Waals surface area (Å²) in [6, 6.07) is 7.48. The van der Waals surface area contributed by atoms with Crippen LogP contribution in [0.25, 0.3) is 11.1 Å². The smallest absolute Gasteiger partial charge is 0.254 e. The lowest BCUT2D eigenvalue weighted by molar-refractivity contribution is 0.0952. The molecule has 2 aromatic carbocycles. The number of amides is 1. The third kappa shape index (κ3) is 2.77. The fourth-order valence-electron chi connectivity index (χ4n) is 1.86. The number of halogens is 2. The van der Waals surface area contributed by atoms with Gasteiger partial charge in [-0.05, 0) is 36.8 Å². The monoisotopic (exact) mass is 277 g/mol. The highest BCUT2D eigenvalue weighted by molar-refractivity contribution is 5.95. The Morgan fingerprint density at radius 3 is 2.50 bits per heavy atom. The van der Waals surface area contributed by atoms with E-state index in [0.29, 0.717) is 12.1 Å². The van der Waals surface area contributed by atoms with Gasteiger partial charge in [0, 0.05) is 18.2 Å². The topological polar surface area (TPSA) is 49.3 Å². The molecule has 2 N–H and O–H groups in total. The van der Waals surface area contributed by atoms with E-state index in [9.17, 15) is 13.6 Å². The minimum Gasteiger partial charge on any atom is -0.508 e. The largest absolute Gasteiger partial charge is 0.508 e. The number of nitrogens with one attached hydrogen (secondary N) is 1. The lowest BCUT2D eigenvalue weighted by Crippen LogP contribution is -2.23. The summed E-state index contributed by atoms with van der Waals surface area (Å²) in [5, 5.41) is 11.6. The van der Waals surface area contributed by atoms with Crippen LogP contribution in [0, 0.1) is 11.6 Å². The molecule has 2 aromatic rings. The molecule has 0 aromatic heterocycles. The quantitative estimate of drug-likeness (QED) is 0.905. The van der Waals surface area contributed by atoms with Crippen molar-refractivity contribution >= 4 is 5.91 Å². The Hall–Kier alpha value is -2.43. The van der Waals surface area contributed by atoms with Gasteiger partial charge >= 0.3 is 0 Å². The Kier molecular flexibility index (Phi) is 3.98. The highest BCUT2D eigenvalue weighted by Gasteiger charge is 2.13. The number of phenols is 1. The molecule has 104 valence electrons. The van der Waals surface area contributed by atoms with Crippen molar-refractivity contribution in [1.29, 1.82) is 0 Å². The first-order valence-electron chi connectivity index (χ1n) is 6.09. The summed E-state index contributed by atoms with van der Waals surface area (Å²) in [6.07, 6.45) is 0. The second-order valence-corrected chi connectivity index (χ2v) is 4.22. The number of benzene rings is 2. The first-order chi connectivity index (χ1) is 9.52. The fraction of sp³-hybridized carbons (Fsp3) is 0.133. The van der Waals surface area contributed by atoms with Gasteiger partial charge in [-0.15, -0.1) is 0 Å². The summed E-state index contributed by atoms with van der Waals surface area (Å²) in [5.74, 6) is -2.09. The maximum atomic E-state index is 13.9. The molecule has 0 unspecified atom stereocenters. The van der Waals surface area contributed by atoms with Gasteiger partial charge in [-0.1, -0.05) is 6.07 Å². The molecule has 20 heavy (non-hydrogen) atoms. The molecule has 0 atom stereocenters. The summed E-state index contributed by atoms with van der Waals surface area (Å²) in [6.45, 7) is 2.13. The number of carbonyl (C=O) groups is 1. The summed E-state index contributed by atoms with van der Waals surface area (Å²) in [5.41, 5.74) is 0.368. The minimum atomic E-state index is -0.721. The van der Waals surface area contributed by atoms with E-state index in [-0.39, 0.29) is 16.9 Å². The van der Waals surface area contributed by atoms with E-state index >= 15 is 0 Å². The van der Waals surface area contributed by atoms with Gasteiger partial charge in [0.1, 0.15) is 17.4 Å². The first-order valence-corrected chi connectivity index (χ1v) is 6.09. The zero-order valence-electron chi connectivity index (χ0n) is 10.8. The van der Waals surface area contributed by atoms with E-state index in [1.165, 1.54) is 24.3 Å². The molecule has 0 aliphatic heterocycles. The molecule has 2 rings (SSSR count).